The fourth-order valence-electron chi connectivity index (χ4n) is 3.87. The summed E-state index contributed by atoms with van der Waals surface area (Å²) in [6.45, 7) is 7.54. The van der Waals surface area contributed by atoms with Crippen molar-refractivity contribution in [3.05, 3.63) is 101 Å². The second-order valence-electron chi connectivity index (χ2n) is 8.06. The molecule has 0 unspecified atom stereocenters. The molecule has 5 heteroatoms. The lowest BCUT2D eigenvalue weighted by Crippen LogP contribution is -2.03. The maximum Gasteiger partial charge on any atom is 0.138 e. The number of hydrogen-bond acceptors (Lipinski definition) is 3. The third-order valence-corrected chi connectivity index (χ3v) is 5.50. The fraction of sp³-hybridized carbons (Fsp3) is 0.231. The first-order valence-corrected chi connectivity index (χ1v) is 10.8. The van der Waals surface area contributed by atoms with Crippen molar-refractivity contribution in [1.82, 2.24) is 14.8 Å². The zero-order valence-electron chi connectivity index (χ0n) is 18.0. The lowest BCUT2D eigenvalue weighted by molar-refractivity contribution is 0.107. The van der Waals surface area contributed by atoms with Crippen LogP contribution >= 0.6 is 11.6 Å². The fourth-order valence-corrected chi connectivity index (χ4v) is 4.06. The molecule has 0 atom stereocenters. The Bertz CT molecular complexity index is 1170. The third-order valence-electron chi connectivity index (χ3n) is 5.26. The molecule has 0 radical (unpaired) electrons. The summed E-state index contributed by atoms with van der Waals surface area (Å²) in [5.74, 6) is 0.467. The Hall–Kier alpha value is -2.95. The van der Waals surface area contributed by atoms with Gasteiger partial charge in [0.25, 0.3) is 0 Å². The van der Waals surface area contributed by atoms with E-state index in [2.05, 4.69) is 73.3 Å². The number of nitrogens with zero attached hydrogens (tertiary/aromatic N) is 3. The molecule has 0 spiro atoms. The molecule has 0 aliphatic carbocycles. The number of aryl methyl sites for hydroxylation is 1. The third kappa shape index (κ3) is 5.04. The normalized spacial score (nSPS) is 11.3. The second-order valence-corrected chi connectivity index (χ2v) is 8.49. The first-order chi connectivity index (χ1) is 15.0. The number of aromatic nitrogens is 3. The van der Waals surface area contributed by atoms with Crippen molar-refractivity contribution in [2.24, 2.45) is 0 Å². The summed E-state index contributed by atoms with van der Waals surface area (Å²) >= 11 is 6.22. The van der Waals surface area contributed by atoms with Crippen LogP contribution in [0.5, 0.6) is 0 Å². The monoisotopic (exact) mass is 431 g/mol. The maximum absolute atomic E-state index is 6.22. The van der Waals surface area contributed by atoms with Crippen molar-refractivity contribution in [1.29, 1.82) is 0 Å². The molecule has 0 fully saturated rings. The van der Waals surface area contributed by atoms with Crippen molar-refractivity contribution < 1.29 is 4.74 Å². The first-order valence-electron chi connectivity index (χ1n) is 10.4. The van der Waals surface area contributed by atoms with Crippen molar-refractivity contribution in [2.75, 3.05) is 0 Å². The topological polar surface area (TPSA) is 39.9 Å². The van der Waals surface area contributed by atoms with Crippen LogP contribution in [0, 0.1) is 6.92 Å². The van der Waals surface area contributed by atoms with Crippen molar-refractivity contribution in [2.45, 2.75) is 39.9 Å². The molecule has 0 bridgehead atoms. The lowest BCUT2D eigenvalue weighted by Gasteiger charge is -2.15. The quantitative estimate of drug-likeness (QED) is 0.325. The van der Waals surface area contributed by atoms with Crippen LogP contribution in [0.15, 0.2) is 73.3 Å². The Kier molecular flexibility index (Phi) is 6.50. The molecule has 0 aliphatic rings. The van der Waals surface area contributed by atoms with E-state index in [0.717, 1.165) is 16.8 Å². The van der Waals surface area contributed by atoms with Crippen molar-refractivity contribution >= 4 is 11.6 Å². The van der Waals surface area contributed by atoms with Crippen LogP contribution in [0.3, 0.4) is 0 Å². The maximum atomic E-state index is 6.22. The minimum absolute atomic E-state index is 0.432. The van der Waals surface area contributed by atoms with E-state index in [1.807, 2.05) is 18.2 Å². The molecule has 4 aromatic rings. The van der Waals surface area contributed by atoms with E-state index in [0.29, 0.717) is 24.2 Å². The van der Waals surface area contributed by atoms with Crippen LogP contribution in [-0.2, 0) is 18.0 Å². The van der Waals surface area contributed by atoms with Gasteiger partial charge in [0.05, 0.1) is 18.9 Å². The van der Waals surface area contributed by atoms with E-state index in [1.165, 1.54) is 28.6 Å². The molecule has 0 saturated heterocycles. The smallest absolute Gasteiger partial charge is 0.138 e. The van der Waals surface area contributed by atoms with Gasteiger partial charge in [-0.15, -0.1) is 0 Å². The van der Waals surface area contributed by atoms with Crippen LogP contribution < -0.4 is 0 Å². The predicted octanol–water partition coefficient (Wildman–Crippen LogP) is 6.74. The minimum atomic E-state index is 0.432. The van der Waals surface area contributed by atoms with Gasteiger partial charge >= 0.3 is 0 Å². The van der Waals surface area contributed by atoms with Gasteiger partial charge in [0.1, 0.15) is 12.7 Å². The summed E-state index contributed by atoms with van der Waals surface area (Å²) < 4.78 is 7.83. The summed E-state index contributed by atoms with van der Waals surface area (Å²) in [5.41, 5.74) is 8.13. The summed E-state index contributed by atoms with van der Waals surface area (Å²) in [7, 11) is 0. The van der Waals surface area contributed by atoms with Crippen LogP contribution in [0.2, 0.25) is 5.02 Å². The van der Waals surface area contributed by atoms with Gasteiger partial charge in [-0.05, 0) is 59.4 Å². The molecule has 1 heterocycles. The molecule has 4 rings (SSSR count). The lowest BCUT2D eigenvalue weighted by atomic mass is 9.91. The molecule has 1 aromatic heterocycles. The number of benzene rings is 3. The molecule has 31 heavy (non-hydrogen) atoms. The van der Waals surface area contributed by atoms with Gasteiger partial charge < -0.3 is 4.74 Å². The van der Waals surface area contributed by atoms with Gasteiger partial charge in [-0.3, -0.25) is 0 Å². The van der Waals surface area contributed by atoms with Gasteiger partial charge in [0.15, 0.2) is 0 Å². The largest absolute Gasteiger partial charge is 0.372 e. The highest BCUT2D eigenvalue weighted by Gasteiger charge is 2.11. The van der Waals surface area contributed by atoms with Gasteiger partial charge in [0.2, 0.25) is 0 Å². The average Bonchev–Trinajstić information content (AvgIpc) is 3.28. The molecule has 0 amide bonds. The average molecular weight is 432 g/mol. The molecule has 4 nitrogen and oxygen atoms in total. The van der Waals surface area contributed by atoms with E-state index < -0.39 is 0 Å². The molecular formula is C26H26ClN3O. The number of hydrogen-bond donors (Lipinski definition) is 0. The number of ether oxygens (including phenoxy) is 1. The summed E-state index contributed by atoms with van der Waals surface area (Å²) in [4.78, 5) is 4.04. The molecular weight excluding hydrogens is 406 g/mol. The van der Waals surface area contributed by atoms with Gasteiger partial charge in [-0.1, -0.05) is 67.4 Å². The SMILES string of the molecule is Cc1cc(COCc2cc(Cl)ccc2-n2cncn2)cc(-c2ccccc2C(C)C)c1. The van der Waals surface area contributed by atoms with Crippen LogP contribution in [0.25, 0.3) is 16.8 Å². The van der Waals surface area contributed by atoms with Gasteiger partial charge in [-0.25, -0.2) is 9.67 Å². The predicted molar refractivity (Wildman–Crippen MR) is 126 cm³/mol. The van der Waals surface area contributed by atoms with Crippen molar-refractivity contribution in [3.8, 4) is 16.8 Å². The Morgan fingerprint density at radius 1 is 1.00 bits per heavy atom. The van der Waals surface area contributed by atoms with E-state index in [9.17, 15) is 0 Å². The van der Waals surface area contributed by atoms with Crippen LogP contribution in [-0.4, -0.2) is 14.8 Å². The van der Waals surface area contributed by atoms with Crippen LogP contribution in [0.4, 0.5) is 0 Å². The Balaban J connectivity index is 1.54. The second kappa shape index (κ2) is 9.46. The zero-order chi connectivity index (χ0) is 21.8. The minimum Gasteiger partial charge on any atom is -0.372 e. The number of halogens is 1. The highest BCUT2D eigenvalue weighted by Crippen LogP contribution is 2.30. The van der Waals surface area contributed by atoms with Gasteiger partial charge in [0, 0.05) is 10.6 Å². The van der Waals surface area contributed by atoms with E-state index in [-0.39, 0.29) is 0 Å². The summed E-state index contributed by atoms with van der Waals surface area (Å²) in [5, 5.41) is 4.90. The highest BCUT2D eigenvalue weighted by molar-refractivity contribution is 6.30. The summed E-state index contributed by atoms with van der Waals surface area (Å²) in [6, 6.07) is 21.0. The Labute approximate surface area is 188 Å². The van der Waals surface area contributed by atoms with E-state index in [1.54, 1.807) is 11.0 Å². The molecule has 0 aliphatic heterocycles. The van der Waals surface area contributed by atoms with Gasteiger partial charge in [-0.2, -0.15) is 5.10 Å². The van der Waals surface area contributed by atoms with Crippen molar-refractivity contribution in [3.63, 3.8) is 0 Å². The molecule has 3 aromatic carbocycles. The van der Waals surface area contributed by atoms with E-state index in [4.69, 9.17) is 16.3 Å². The first kappa shape index (κ1) is 21.3. The Morgan fingerprint density at radius 3 is 2.61 bits per heavy atom. The zero-order valence-corrected chi connectivity index (χ0v) is 18.8. The summed E-state index contributed by atoms with van der Waals surface area (Å²) in [6.07, 6.45) is 3.19. The molecule has 0 N–H and O–H groups in total. The molecule has 0 saturated carbocycles. The number of rotatable bonds is 7. The highest BCUT2D eigenvalue weighted by atomic mass is 35.5. The molecule has 158 valence electrons. The van der Waals surface area contributed by atoms with E-state index >= 15 is 0 Å². The standard InChI is InChI=1S/C26H26ClN3O/c1-18(2)24-6-4-5-7-25(24)21-11-19(3)10-20(12-21)14-31-15-22-13-23(27)8-9-26(22)30-17-28-16-29-30/h4-13,16-18H,14-15H2,1-3H3. The van der Waals surface area contributed by atoms with Crippen LogP contribution in [0.1, 0.15) is 42.0 Å². The Morgan fingerprint density at radius 2 is 1.84 bits per heavy atom.